The molecule has 1 aliphatic carbocycles. The van der Waals surface area contributed by atoms with E-state index in [0.717, 1.165) is 30.6 Å². The fraction of sp³-hybridized carbons (Fsp3) is 0.588. The van der Waals surface area contributed by atoms with Crippen LogP contribution in [0.5, 0.6) is 0 Å². The Balaban J connectivity index is 1.55. The SMILES string of the molecule is O=C1Nc2cc(N3CCC4CCCCC4C3)ccc2C1O. The molecule has 1 saturated carbocycles. The minimum absolute atomic E-state index is 0.312. The molecule has 112 valence electrons. The molecule has 4 rings (SSSR count). The Morgan fingerprint density at radius 1 is 1.14 bits per heavy atom. The molecule has 0 spiro atoms. The summed E-state index contributed by atoms with van der Waals surface area (Å²) >= 11 is 0. The van der Waals surface area contributed by atoms with Crippen LogP contribution in [0.2, 0.25) is 0 Å². The van der Waals surface area contributed by atoms with Gasteiger partial charge >= 0.3 is 0 Å². The Morgan fingerprint density at radius 2 is 1.95 bits per heavy atom. The predicted octanol–water partition coefficient (Wildman–Crippen LogP) is 2.69. The van der Waals surface area contributed by atoms with Crippen molar-refractivity contribution in [2.45, 2.75) is 38.2 Å². The highest BCUT2D eigenvalue weighted by Gasteiger charge is 2.33. The van der Waals surface area contributed by atoms with Crippen LogP contribution in [0.25, 0.3) is 0 Å². The fourth-order valence-corrected chi connectivity index (χ4v) is 4.27. The maximum atomic E-state index is 11.5. The number of rotatable bonds is 1. The molecule has 1 aromatic rings. The monoisotopic (exact) mass is 286 g/mol. The third-order valence-corrected chi connectivity index (χ3v) is 5.49. The molecular weight excluding hydrogens is 264 g/mol. The van der Waals surface area contributed by atoms with E-state index in [2.05, 4.69) is 10.2 Å². The third-order valence-electron chi connectivity index (χ3n) is 5.49. The van der Waals surface area contributed by atoms with Gasteiger partial charge in [0.25, 0.3) is 5.91 Å². The number of hydrogen-bond acceptors (Lipinski definition) is 3. The van der Waals surface area contributed by atoms with Crippen LogP contribution >= 0.6 is 0 Å². The molecule has 3 aliphatic rings. The molecule has 0 aromatic heterocycles. The largest absolute Gasteiger partial charge is 0.378 e. The van der Waals surface area contributed by atoms with Gasteiger partial charge in [0.2, 0.25) is 0 Å². The molecule has 0 bridgehead atoms. The highest BCUT2D eigenvalue weighted by molar-refractivity contribution is 6.02. The highest BCUT2D eigenvalue weighted by Crippen LogP contribution is 2.39. The number of aliphatic hydroxyl groups is 1. The summed E-state index contributed by atoms with van der Waals surface area (Å²) < 4.78 is 0. The Morgan fingerprint density at radius 3 is 2.81 bits per heavy atom. The van der Waals surface area contributed by atoms with Gasteiger partial charge in [-0.1, -0.05) is 25.3 Å². The van der Waals surface area contributed by atoms with E-state index >= 15 is 0 Å². The van der Waals surface area contributed by atoms with Crippen LogP contribution in [0.4, 0.5) is 11.4 Å². The minimum Gasteiger partial charge on any atom is -0.378 e. The molecule has 4 nitrogen and oxygen atoms in total. The molecule has 2 N–H and O–H groups in total. The zero-order chi connectivity index (χ0) is 14.4. The second-order valence-corrected chi connectivity index (χ2v) is 6.70. The second-order valence-electron chi connectivity index (χ2n) is 6.70. The van der Waals surface area contributed by atoms with Crippen molar-refractivity contribution in [2.24, 2.45) is 11.8 Å². The van der Waals surface area contributed by atoms with E-state index in [1.165, 1.54) is 37.8 Å². The molecule has 1 amide bonds. The van der Waals surface area contributed by atoms with E-state index in [1.807, 2.05) is 18.2 Å². The Labute approximate surface area is 125 Å². The number of fused-ring (bicyclic) bond motifs is 2. The van der Waals surface area contributed by atoms with Crippen LogP contribution in [0, 0.1) is 11.8 Å². The summed E-state index contributed by atoms with van der Waals surface area (Å²) in [6, 6.07) is 5.96. The molecule has 1 aromatic carbocycles. The number of amides is 1. The molecule has 3 atom stereocenters. The van der Waals surface area contributed by atoms with Crippen LogP contribution in [-0.2, 0) is 4.79 Å². The fourth-order valence-electron chi connectivity index (χ4n) is 4.27. The molecule has 0 radical (unpaired) electrons. The number of nitrogens with one attached hydrogen (secondary N) is 1. The number of benzene rings is 1. The summed E-state index contributed by atoms with van der Waals surface area (Å²) in [6.45, 7) is 2.25. The third kappa shape index (κ3) is 2.22. The van der Waals surface area contributed by atoms with Gasteiger partial charge in [-0.2, -0.15) is 0 Å². The van der Waals surface area contributed by atoms with Crippen LogP contribution in [-0.4, -0.2) is 24.1 Å². The number of nitrogens with zero attached hydrogens (tertiary/aromatic N) is 1. The number of anilines is 2. The first kappa shape index (κ1) is 13.1. The lowest BCUT2D eigenvalue weighted by Gasteiger charge is -2.42. The van der Waals surface area contributed by atoms with Gasteiger partial charge in [-0.3, -0.25) is 4.79 Å². The zero-order valence-electron chi connectivity index (χ0n) is 12.2. The first-order chi connectivity index (χ1) is 10.2. The number of piperidine rings is 1. The topological polar surface area (TPSA) is 52.6 Å². The molecule has 4 heteroatoms. The van der Waals surface area contributed by atoms with Gasteiger partial charge in [-0.15, -0.1) is 0 Å². The maximum absolute atomic E-state index is 11.5. The van der Waals surface area contributed by atoms with Gasteiger partial charge < -0.3 is 15.3 Å². The van der Waals surface area contributed by atoms with Crippen LogP contribution in [0.1, 0.15) is 43.8 Å². The van der Waals surface area contributed by atoms with Crippen molar-refractivity contribution in [1.29, 1.82) is 0 Å². The first-order valence-electron chi connectivity index (χ1n) is 8.10. The van der Waals surface area contributed by atoms with Crippen molar-refractivity contribution in [2.75, 3.05) is 23.3 Å². The smallest absolute Gasteiger partial charge is 0.257 e. The summed E-state index contributed by atoms with van der Waals surface area (Å²) in [6.07, 6.45) is 5.84. The molecule has 2 aliphatic heterocycles. The second kappa shape index (κ2) is 5.02. The molecular formula is C17H22N2O2. The number of carbonyl (C=O) groups excluding carboxylic acids is 1. The lowest BCUT2D eigenvalue weighted by atomic mass is 9.75. The summed E-state index contributed by atoms with van der Waals surface area (Å²) in [4.78, 5) is 14.0. The Bertz CT molecular complexity index is 572. The van der Waals surface area contributed by atoms with Crippen LogP contribution in [0.3, 0.4) is 0 Å². The van der Waals surface area contributed by atoms with Gasteiger partial charge in [0.15, 0.2) is 6.10 Å². The van der Waals surface area contributed by atoms with Crippen molar-refractivity contribution >= 4 is 17.3 Å². The van der Waals surface area contributed by atoms with E-state index < -0.39 is 6.10 Å². The molecule has 1 saturated heterocycles. The van der Waals surface area contributed by atoms with Crippen molar-refractivity contribution in [1.82, 2.24) is 0 Å². The highest BCUT2D eigenvalue weighted by atomic mass is 16.3. The summed E-state index contributed by atoms with van der Waals surface area (Å²) in [7, 11) is 0. The van der Waals surface area contributed by atoms with E-state index in [9.17, 15) is 9.90 Å². The lowest BCUT2D eigenvalue weighted by molar-refractivity contribution is -0.123. The van der Waals surface area contributed by atoms with Gasteiger partial charge in [-0.25, -0.2) is 0 Å². The molecule has 3 unspecified atom stereocenters. The molecule has 2 fully saturated rings. The van der Waals surface area contributed by atoms with Gasteiger partial charge in [-0.05, 0) is 36.8 Å². The first-order valence-corrected chi connectivity index (χ1v) is 8.10. The van der Waals surface area contributed by atoms with Crippen LogP contribution < -0.4 is 10.2 Å². The quantitative estimate of drug-likeness (QED) is 0.834. The van der Waals surface area contributed by atoms with E-state index in [-0.39, 0.29) is 5.91 Å². The summed E-state index contributed by atoms with van der Waals surface area (Å²) in [5.41, 5.74) is 2.65. The Hall–Kier alpha value is -1.55. The normalized spacial score (nSPS) is 31.6. The lowest BCUT2D eigenvalue weighted by Crippen LogP contribution is -2.41. The van der Waals surface area contributed by atoms with Crippen molar-refractivity contribution < 1.29 is 9.90 Å². The van der Waals surface area contributed by atoms with Crippen LogP contribution in [0.15, 0.2) is 18.2 Å². The minimum atomic E-state index is -1.00. The molecule has 2 heterocycles. The van der Waals surface area contributed by atoms with Crippen molar-refractivity contribution in [3.8, 4) is 0 Å². The molecule has 21 heavy (non-hydrogen) atoms. The van der Waals surface area contributed by atoms with Gasteiger partial charge in [0, 0.05) is 30.0 Å². The van der Waals surface area contributed by atoms with E-state index in [0.29, 0.717) is 5.56 Å². The van der Waals surface area contributed by atoms with Crippen molar-refractivity contribution in [3.63, 3.8) is 0 Å². The average molecular weight is 286 g/mol. The number of aliphatic hydroxyl groups excluding tert-OH is 1. The van der Waals surface area contributed by atoms with Gasteiger partial charge in [0.05, 0.1) is 0 Å². The summed E-state index contributed by atoms with van der Waals surface area (Å²) in [5, 5.41) is 12.5. The summed E-state index contributed by atoms with van der Waals surface area (Å²) in [5.74, 6) is 1.44. The standard InChI is InChI=1S/C17H22N2O2/c20-16-14-6-5-13(9-15(14)18-17(16)21)19-8-7-11-3-1-2-4-12(11)10-19/h5-6,9,11-12,16,20H,1-4,7-8,10H2,(H,18,21). The predicted molar refractivity (Wildman–Crippen MR) is 82.3 cm³/mol. The van der Waals surface area contributed by atoms with Gasteiger partial charge in [0.1, 0.15) is 0 Å². The van der Waals surface area contributed by atoms with E-state index in [4.69, 9.17) is 0 Å². The Kier molecular flexibility index (Phi) is 3.14. The average Bonchev–Trinajstić information content (AvgIpc) is 2.81. The number of carbonyl (C=O) groups is 1. The number of hydrogen-bond donors (Lipinski definition) is 2. The maximum Gasteiger partial charge on any atom is 0.257 e. The van der Waals surface area contributed by atoms with Crippen molar-refractivity contribution in [3.05, 3.63) is 23.8 Å². The zero-order valence-corrected chi connectivity index (χ0v) is 12.2. The van der Waals surface area contributed by atoms with E-state index in [1.54, 1.807) is 0 Å².